The summed E-state index contributed by atoms with van der Waals surface area (Å²) in [5, 5.41) is 4.41. The molecule has 11 heteroatoms. The van der Waals surface area contributed by atoms with E-state index in [0.29, 0.717) is 58.7 Å². The molecule has 0 bridgehead atoms. The van der Waals surface area contributed by atoms with Crippen molar-refractivity contribution < 1.29 is 14.3 Å². The second kappa shape index (κ2) is 10.3. The smallest absolute Gasteiger partial charge is 0.263 e. The molecule has 2 aromatic heterocycles. The molecule has 5 rings (SSSR count). The minimum atomic E-state index is -0.233. The highest BCUT2D eigenvalue weighted by Crippen LogP contribution is 2.34. The molecule has 0 unspecified atom stereocenters. The number of carbonyl (C=O) groups is 2. The minimum absolute atomic E-state index is 0.0256. The van der Waals surface area contributed by atoms with Gasteiger partial charge in [-0.3, -0.25) is 19.0 Å². The lowest BCUT2D eigenvalue weighted by Crippen LogP contribution is -2.34. The number of halogens is 1. The van der Waals surface area contributed by atoms with Crippen LogP contribution in [0.3, 0.4) is 0 Å². The van der Waals surface area contributed by atoms with Gasteiger partial charge in [-0.1, -0.05) is 35.5 Å². The van der Waals surface area contributed by atoms with Gasteiger partial charge in [-0.2, -0.15) is 0 Å². The van der Waals surface area contributed by atoms with Crippen LogP contribution in [0.2, 0.25) is 5.02 Å². The van der Waals surface area contributed by atoms with Gasteiger partial charge in [0.25, 0.3) is 5.56 Å². The Hall–Kier alpha value is -2.40. The molecule has 1 N–H and O–H groups in total. The Morgan fingerprint density at radius 3 is 2.91 bits per heavy atom. The first-order valence-corrected chi connectivity index (χ1v) is 13.7. The molecule has 2 aliphatic heterocycles. The molecule has 184 valence electrons. The summed E-state index contributed by atoms with van der Waals surface area (Å²) in [7, 11) is 0. The summed E-state index contributed by atoms with van der Waals surface area (Å²) in [4.78, 5) is 46.5. The van der Waals surface area contributed by atoms with Crippen molar-refractivity contribution in [3.8, 4) is 0 Å². The van der Waals surface area contributed by atoms with E-state index < -0.39 is 0 Å². The van der Waals surface area contributed by atoms with Gasteiger partial charge < -0.3 is 15.0 Å². The van der Waals surface area contributed by atoms with Gasteiger partial charge in [-0.05, 0) is 37.0 Å². The number of ether oxygens (including phenoxy) is 1. The largest absolute Gasteiger partial charge is 0.376 e. The summed E-state index contributed by atoms with van der Waals surface area (Å²) in [6, 6.07) is 7.05. The van der Waals surface area contributed by atoms with Crippen molar-refractivity contribution >= 4 is 62.4 Å². The van der Waals surface area contributed by atoms with Gasteiger partial charge in [0, 0.05) is 25.0 Å². The number of benzene rings is 1. The number of nitrogens with one attached hydrogen (secondary N) is 1. The summed E-state index contributed by atoms with van der Waals surface area (Å²) >= 11 is 8.84. The third-order valence-corrected chi connectivity index (χ3v) is 8.68. The second-order valence-corrected chi connectivity index (χ2v) is 11.1. The van der Waals surface area contributed by atoms with Gasteiger partial charge in [-0.15, -0.1) is 11.3 Å². The fourth-order valence-electron chi connectivity index (χ4n) is 4.47. The highest BCUT2D eigenvalue weighted by Gasteiger charge is 2.27. The fourth-order valence-corrected chi connectivity index (χ4v) is 6.74. The number of carbonyl (C=O) groups excluding carboxylic acids is 2. The number of hydrogen-bond acceptors (Lipinski definition) is 7. The predicted molar refractivity (Wildman–Crippen MR) is 138 cm³/mol. The van der Waals surface area contributed by atoms with Crippen molar-refractivity contribution in [2.45, 2.75) is 50.5 Å². The van der Waals surface area contributed by atoms with Crippen LogP contribution >= 0.6 is 34.7 Å². The SMILES string of the molecule is CC(=O)N1CCc2c(sc3nc(SCC(=O)Nc4ccccc4Cl)n(C[C@H]4CCCO4)c(=O)c23)C1. The zero-order valence-electron chi connectivity index (χ0n) is 19.2. The van der Waals surface area contributed by atoms with E-state index in [2.05, 4.69) is 5.32 Å². The van der Waals surface area contributed by atoms with Gasteiger partial charge in [0.2, 0.25) is 11.8 Å². The van der Waals surface area contributed by atoms with Crippen molar-refractivity contribution in [2.75, 3.05) is 24.2 Å². The van der Waals surface area contributed by atoms with Gasteiger partial charge in [-0.25, -0.2) is 4.98 Å². The molecule has 1 aromatic carbocycles. The van der Waals surface area contributed by atoms with E-state index >= 15 is 0 Å². The Labute approximate surface area is 215 Å². The van der Waals surface area contributed by atoms with E-state index in [9.17, 15) is 14.4 Å². The molecule has 0 spiro atoms. The average molecular weight is 533 g/mol. The van der Waals surface area contributed by atoms with E-state index in [1.54, 1.807) is 40.7 Å². The number of para-hydroxylation sites is 1. The van der Waals surface area contributed by atoms with Gasteiger partial charge >= 0.3 is 0 Å². The number of hydrogen-bond donors (Lipinski definition) is 1. The normalized spacial score (nSPS) is 17.5. The van der Waals surface area contributed by atoms with Crippen LogP contribution < -0.4 is 10.9 Å². The number of thioether (sulfide) groups is 1. The molecule has 0 radical (unpaired) electrons. The number of rotatable bonds is 6. The van der Waals surface area contributed by atoms with E-state index in [4.69, 9.17) is 21.3 Å². The fraction of sp³-hybridized carbons (Fsp3) is 0.417. The highest BCUT2D eigenvalue weighted by molar-refractivity contribution is 7.99. The van der Waals surface area contributed by atoms with E-state index in [1.807, 2.05) is 0 Å². The Morgan fingerprint density at radius 2 is 2.17 bits per heavy atom. The molecule has 3 aromatic rings. The number of nitrogens with zero attached hydrogens (tertiary/aromatic N) is 3. The van der Waals surface area contributed by atoms with Gasteiger partial charge in [0.1, 0.15) is 4.83 Å². The van der Waals surface area contributed by atoms with Crippen LogP contribution in [0.15, 0.2) is 34.2 Å². The molecule has 0 saturated carbocycles. The van der Waals surface area contributed by atoms with Crippen LogP contribution in [0.4, 0.5) is 5.69 Å². The lowest BCUT2D eigenvalue weighted by Gasteiger charge is -2.25. The third-order valence-electron chi connectivity index (χ3n) is 6.26. The molecule has 2 aliphatic rings. The first-order valence-electron chi connectivity index (χ1n) is 11.5. The summed E-state index contributed by atoms with van der Waals surface area (Å²) in [6.45, 7) is 3.75. The van der Waals surface area contributed by atoms with Crippen molar-refractivity contribution in [2.24, 2.45) is 0 Å². The highest BCUT2D eigenvalue weighted by atomic mass is 35.5. The first-order chi connectivity index (χ1) is 16.9. The van der Waals surface area contributed by atoms with E-state index in [1.165, 1.54) is 23.1 Å². The Bertz CT molecular complexity index is 1350. The maximum atomic E-state index is 13.7. The quantitative estimate of drug-likeness (QED) is 0.382. The lowest BCUT2D eigenvalue weighted by molar-refractivity contribution is -0.129. The summed E-state index contributed by atoms with van der Waals surface area (Å²) < 4.78 is 7.46. The molecular weight excluding hydrogens is 508 g/mol. The van der Waals surface area contributed by atoms with Crippen LogP contribution in [0.25, 0.3) is 10.2 Å². The first kappa shape index (κ1) is 24.3. The standard InChI is InChI=1S/C24H25ClN4O4S2/c1-14(30)28-9-8-16-19(12-28)35-22-21(16)23(32)29(11-15-5-4-10-33-15)24(27-22)34-13-20(31)26-18-7-3-2-6-17(18)25/h2-3,6-7,15H,4-5,8-13H2,1H3,(H,26,31)/t15-/m1/s1. The number of anilines is 1. The van der Waals surface area contributed by atoms with E-state index in [0.717, 1.165) is 23.3 Å². The topological polar surface area (TPSA) is 93.5 Å². The van der Waals surface area contributed by atoms with E-state index in [-0.39, 0.29) is 29.2 Å². The third kappa shape index (κ3) is 5.11. The molecule has 0 aliphatic carbocycles. The predicted octanol–water partition coefficient (Wildman–Crippen LogP) is 3.93. The molecule has 1 atom stereocenters. The summed E-state index contributed by atoms with van der Waals surface area (Å²) in [5.41, 5.74) is 1.43. The minimum Gasteiger partial charge on any atom is -0.376 e. The zero-order valence-corrected chi connectivity index (χ0v) is 21.6. The maximum Gasteiger partial charge on any atom is 0.263 e. The van der Waals surface area contributed by atoms with Crippen molar-refractivity contribution in [3.05, 3.63) is 50.1 Å². The van der Waals surface area contributed by atoms with Crippen molar-refractivity contribution in [3.63, 3.8) is 0 Å². The average Bonchev–Trinajstić information content (AvgIpc) is 3.48. The van der Waals surface area contributed by atoms with Crippen LogP contribution in [0.5, 0.6) is 0 Å². The lowest BCUT2D eigenvalue weighted by atomic mass is 10.1. The molecule has 1 saturated heterocycles. The van der Waals surface area contributed by atoms with Gasteiger partial charge in [0.15, 0.2) is 5.16 Å². The monoisotopic (exact) mass is 532 g/mol. The number of aromatic nitrogens is 2. The van der Waals surface area contributed by atoms with Crippen molar-refractivity contribution in [1.29, 1.82) is 0 Å². The van der Waals surface area contributed by atoms with Crippen LogP contribution in [-0.2, 0) is 33.8 Å². The maximum absolute atomic E-state index is 13.7. The number of fused-ring (bicyclic) bond motifs is 3. The van der Waals surface area contributed by atoms with Crippen LogP contribution in [0, 0.1) is 0 Å². The molecule has 8 nitrogen and oxygen atoms in total. The summed E-state index contributed by atoms with van der Waals surface area (Å²) in [6.07, 6.45) is 2.44. The molecule has 35 heavy (non-hydrogen) atoms. The number of thiophene rings is 1. The molecule has 4 heterocycles. The second-order valence-electron chi connectivity index (χ2n) is 8.64. The van der Waals surface area contributed by atoms with Crippen LogP contribution in [0.1, 0.15) is 30.2 Å². The zero-order chi connectivity index (χ0) is 24.5. The Morgan fingerprint density at radius 1 is 1.34 bits per heavy atom. The van der Waals surface area contributed by atoms with Gasteiger partial charge in [0.05, 0.1) is 41.0 Å². The molecular formula is C24H25ClN4O4S2. The van der Waals surface area contributed by atoms with Crippen molar-refractivity contribution in [1.82, 2.24) is 14.5 Å². The molecule has 1 fully saturated rings. The Kier molecular flexibility index (Phi) is 7.15. The number of amides is 2. The Balaban J connectivity index is 1.45. The summed E-state index contributed by atoms with van der Waals surface area (Å²) in [5.74, 6) is -0.126. The van der Waals surface area contributed by atoms with Crippen LogP contribution in [-0.4, -0.2) is 51.3 Å². The molecule has 2 amide bonds.